The van der Waals surface area contributed by atoms with Crippen molar-refractivity contribution in [3.8, 4) is 0 Å². The van der Waals surface area contributed by atoms with Crippen LogP contribution in [0.15, 0.2) is 16.8 Å². The van der Waals surface area contributed by atoms with Gasteiger partial charge in [-0.1, -0.05) is 30.7 Å². The number of hydrogen-bond acceptors (Lipinski definition) is 4. The van der Waals surface area contributed by atoms with Crippen molar-refractivity contribution >= 4 is 11.5 Å². The lowest BCUT2D eigenvalue weighted by Crippen LogP contribution is -2.54. The van der Waals surface area contributed by atoms with Gasteiger partial charge >= 0.3 is 0 Å². The summed E-state index contributed by atoms with van der Waals surface area (Å²) in [4.78, 5) is 18.0. The van der Waals surface area contributed by atoms with Crippen LogP contribution in [0, 0.1) is 34.5 Å². The molecule has 4 aliphatic rings. The lowest BCUT2D eigenvalue weighted by Gasteiger charge is -2.60. The first-order valence-corrected chi connectivity index (χ1v) is 11.0. The second kappa shape index (κ2) is 7.02. The fraction of sp³-hybridized carbons (Fsp3) is 0.826. The number of hydrogen-bond donors (Lipinski definition) is 1. The van der Waals surface area contributed by atoms with Gasteiger partial charge in [-0.2, -0.15) is 0 Å². The summed E-state index contributed by atoms with van der Waals surface area (Å²) >= 11 is 0. The molecule has 0 spiro atoms. The molecule has 4 heteroatoms. The van der Waals surface area contributed by atoms with Gasteiger partial charge in [0.15, 0.2) is 0 Å². The standard InChI is InChI=1S/C23H36N2O2/c1-4-15-13-17-18-5-6-21(26)23(18,3)10-8-19(17)22(2)9-7-16(14-20(15)22)25-27-12-11-24/h4,17-20H,5-14,24H2,1-3H3/b15-4+,25-16?/t17-,18-,19-,20+,22+,23-/m0/s1. The maximum Gasteiger partial charge on any atom is 0.139 e. The predicted molar refractivity (Wildman–Crippen MR) is 108 cm³/mol. The highest BCUT2D eigenvalue weighted by Crippen LogP contribution is 2.66. The second-order valence-electron chi connectivity index (χ2n) is 9.90. The third kappa shape index (κ3) is 2.90. The van der Waals surface area contributed by atoms with Crippen molar-refractivity contribution < 1.29 is 9.63 Å². The Morgan fingerprint density at radius 1 is 1.19 bits per heavy atom. The number of Topliss-reactive ketones (excluding diaryl/α,β-unsaturated/α-hetero) is 1. The van der Waals surface area contributed by atoms with Crippen LogP contribution in [0.4, 0.5) is 0 Å². The molecule has 0 radical (unpaired) electrons. The zero-order valence-electron chi connectivity index (χ0n) is 17.3. The number of allylic oxidation sites excluding steroid dienone is 2. The quantitative estimate of drug-likeness (QED) is 0.451. The number of nitrogens with zero attached hydrogens (tertiary/aromatic N) is 1. The lowest BCUT2D eigenvalue weighted by molar-refractivity contribution is -0.134. The third-order valence-electron chi connectivity index (χ3n) is 8.87. The van der Waals surface area contributed by atoms with E-state index in [9.17, 15) is 4.79 Å². The summed E-state index contributed by atoms with van der Waals surface area (Å²) in [7, 11) is 0. The molecule has 0 aliphatic heterocycles. The molecule has 27 heavy (non-hydrogen) atoms. The molecule has 6 atom stereocenters. The highest BCUT2D eigenvalue weighted by Gasteiger charge is 2.60. The molecule has 0 aromatic rings. The maximum absolute atomic E-state index is 12.6. The van der Waals surface area contributed by atoms with Gasteiger partial charge in [-0.05, 0) is 81.0 Å². The number of ketones is 1. The van der Waals surface area contributed by atoms with E-state index < -0.39 is 0 Å². The highest BCUT2D eigenvalue weighted by molar-refractivity contribution is 5.87. The first-order valence-electron chi connectivity index (χ1n) is 11.0. The normalized spacial score (nSPS) is 46.9. The number of oxime groups is 1. The molecule has 4 saturated carbocycles. The number of rotatable bonds is 3. The average Bonchev–Trinajstić information content (AvgIpc) is 2.96. The van der Waals surface area contributed by atoms with Crippen LogP contribution in [0.2, 0.25) is 0 Å². The van der Waals surface area contributed by atoms with Gasteiger partial charge in [-0.3, -0.25) is 4.79 Å². The van der Waals surface area contributed by atoms with Crippen molar-refractivity contribution in [3.63, 3.8) is 0 Å². The Balaban J connectivity index is 1.61. The summed E-state index contributed by atoms with van der Waals surface area (Å²) in [6, 6.07) is 0. The molecular formula is C23H36N2O2. The Morgan fingerprint density at radius 2 is 2.00 bits per heavy atom. The van der Waals surface area contributed by atoms with Crippen molar-refractivity contribution in [2.75, 3.05) is 13.2 Å². The van der Waals surface area contributed by atoms with E-state index in [0.29, 0.717) is 42.1 Å². The highest BCUT2D eigenvalue weighted by atomic mass is 16.6. The molecule has 0 heterocycles. The largest absolute Gasteiger partial charge is 0.395 e. The van der Waals surface area contributed by atoms with E-state index >= 15 is 0 Å². The Morgan fingerprint density at radius 3 is 2.74 bits per heavy atom. The van der Waals surface area contributed by atoms with Crippen LogP contribution in [0.25, 0.3) is 0 Å². The minimum atomic E-state index is -0.0411. The SMILES string of the molecule is C/C=C1\C[C@@H]2[C@H](CC[C@]3(C)C(=O)CC[C@@H]23)[C@@]2(C)CCC(=NOCCN)C[C@H]12. The molecule has 0 bridgehead atoms. The maximum atomic E-state index is 12.6. The summed E-state index contributed by atoms with van der Waals surface area (Å²) in [6.07, 6.45) is 11.1. The molecule has 0 aromatic carbocycles. The fourth-order valence-electron chi connectivity index (χ4n) is 7.33. The van der Waals surface area contributed by atoms with E-state index in [1.807, 2.05) is 0 Å². The van der Waals surface area contributed by atoms with Crippen LogP contribution in [-0.2, 0) is 9.63 Å². The Kier molecular flexibility index (Phi) is 4.99. The smallest absolute Gasteiger partial charge is 0.139 e. The first-order chi connectivity index (χ1) is 12.9. The third-order valence-corrected chi connectivity index (χ3v) is 8.87. The van der Waals surface area contributed by atoms with Gasteiger partial charge in [-0.25, -0.2) is 0 Å². The van der Waals surface area contributed by atoms with Crippen LogP contribution < -0.4 is 5.73 Å². The van der Waals surface area contributed by atoms with E-state index in [-0.39, 0.29) is 5.41 Å². The van der Waals surface area contributed by atoms with Gasteiger partial charge < -0.3 is 10.6 Å². The predicted octanol–water partition coefficient (Wildman–Crippen LogP) is 4.49. The molecule has 4 nitrogen and oxygen atoms in total. The number of nitrogens with two attached hydrogens (primary N) is 1. The molecule has 4 fully saturated rings. The second-order valence-corrected chi connectivity index (χ2v) is 9.90. The average molecular weight is 373 g/mol. The molecule has 0 saturated heterocycles. The number of carbonyl (C=O) groups is 1. The molecule has 4 aliphatic carbocycles. The summed E-state index contributed by atoms with van der Waals surface area (Å²) < 4.78 is 0. The molecule has 0 unspecified atom stereocenters. The monoisotopic (exact) mass is 372 g/mol. The Hall–Kier alpha value is -1.16. The van der Waals surface area contributed by atoms with Gasteiger partial charge in [-0.15, -0.1) is 0 Å². The van der Waals surface area contributed by atoms with Crippen molar-refractivity contribution in [3.05, 3.63) is 11.6 Å². The minimum Gasteiger partial charge on any atom is -0.395 e. The van der Waals surface area contributed by atoms with E-state index in [1.165, 1.54) is 25.0 Å². The summed E-state index contributed by atoms with van der Waals surface area (Å²) in [5.41, 5.74) is 8.63. The molecule has 0 aromatic heterocycles. The fourth-order valence-corrected chi connectivity index (χ4v) is 7.33. The van der Waals surface area contributed by atoms with Crippen LogP contribution in [0.3, 0.4) is 0 Å². The van der Waals surface area contributed by atoms with E-state index in [1.54, 1.807) is 5.57 Å². The van der Waals surface area contributed by atoms with Gasteiger partial charge in [0.25, 0.3) is 0 Å². The zero-order chi connectivity index (χ0) is 19.2. The van der Waals surface area contributed by atoms with Gasteiger partial charge in [0.1, 0.15) is 12.4 Å². The van der Waals surface area contributed by atoms with E-state index in [4.69, 9.17) is 10.6 Å². The molecular weight excluding hydrogens is 336 g/mol. The van der Waals surface area contributed by atoms with Gasteiger partial charge in [0, 0.05) is 18.4 Å². The Labute approximate surface area is 164 Å². The summed E-state index contributed by atoms with van der Waals surface area (Å²) in [5, 5.41) is 4.41. The van der Waals surface area contributed by atoms with Crippen molar-refractivity contribution in [2.24, 2.45) is 45.4 Å². The topological polar surface area (TPSA) is 64.7 Å². The molecule has 0 amide bonds. The molecule has 150 valence electrons. The van der Waals surface area contributed by atoms with Gasteiger partial charge in [0.05, 0.1) is 5.71 Å². The lowest BCUT2D eigenvalue weighted by atomic mass is 9.44. The molecule has 4 rings (SSSR count). The van der Waals surface area contributed by atoms with Crippen molar-refractivity contribution in [1.82, 2.24) is 0 Å². The van der Waals surface area contributed by atoms with Crippen molar-refractivity contribution in [1.29, 1.82) is 0 Å². The van der Waals surface area contributed by atoms with Crippen LogP contribution >= 0.6 is 0 Å². The summed E-state index contributed by atoms with van der Waals surface area (Å²) in [5.74, 6) is 3.16. The Bertz CT molecular complexity index is 669. The van der Waals surface area contributed by atoms with E-state index in [2.05, 4.69) is 32.0 Å². The number of carbonyl (C=O) groups excluding carboxylic acids is 1. The van der Waals surface area contributed by atoms with Crippen LogP contribution in [-0.4, -0.2) is 24.6 Å². The van der Waals surface area contributed by atoms with Crippen LogP contribution in [0.1, 0.15) is 72.1 Å². The zero-order valence-corrected chi connectivity index (χ0v) is 17.3. The van der Waals surface area contributed by atoms with Crippen LogP contribution in [0.5, 0.6) is 0 Å². The molecule has 2 N–H and O–H groups in total. The van der Waals surface area contributed by atoms with E-state index in [0.717, 1.165) is 38.0 Å². The number of fused-ring (bicyclic) bond motifs is 5. The minimum absolute atomic E-state index is 0.0411. The summed E-state index contributed by atoms with van der Waals surface area (Å²) in [6.45, 7) is 8.03. The first kappa shape index (κ1) is 19.2. The van der Waals surface area contributed by atoms with Crippen molar-refractivity contribution in [2.45, 2.75) is 72.1 Å². The van der Waals surface area contributed by atoms with Gasteiger partial charge in [0.2, 0.25) is 0 Å².